The molecule has 2 nitrogen and oxygen atoms in total. The monoisotopic (exact) mass is 201 g/mol. The minimum absolute atomic E-state index is 0.137. The average molecular weight is 202 g/mol. The zero-order chi connectivity index (χ0) is 9.26. The van der Waals surface area contributed by atoms with Gasteiger partial charge in [0.05, 0.1) is 17.7 Å². The molecule has 13 heavy (non-hydrogen) atoms. The molecule has 1 aromatic carbocycles. The molecule has 0 radical (unpaired) electrons. The number of hydrogen-bond donors (Lipinski definition) is 1. The zero-order valence-corrected chi connectivity index (χ0v) is 7.64. The maximum absolute atomic E-state index is 12.8. The number of benzene rings is 1. The summed E-state index contributed by atoms with van der Waals surface area (Å²) < 4.78 is 12.8. The van der Waals surface area contributed by atoms with E-state index in [-0.39, 0.29) is 16.9 Å². The van der Waals surface area contributed by atoms with Crippen LogP contribution in [-0.2, 0) is 4.84 Å². The Morgan fingerprint density at radius 1 is 1.54 bits per heavy atom. The van der Waals surface area contributed by atoms with Crippen LogP contribution in [0.2, 0.25) is 5.02 Å². The van der Waals surface area contributed by atoms with Crippen LogP contribution in [-0.4, -0.2) is 6.61 Å². The van der Waals surface area contributed by atoms with Gasteiger partial charge in [0.25, 0.3) is 0 Å². The first-order valence-corrected chi connectivity index (χ1v) is 4.47. The van der Waals surface area contributed by atoms with Gasteiger partial charge in [-0.3, -0.25) is 0 Å². The summed E-state index contributed by atoms with van der Waals surface area (Å²) in [6.07, 6.45) is 0.891. The highest BCUT2D eigenvalue weighted by Crippen LogP contribution is 2.25. The molecule has 2 rings (SSSR count). The van der Waals surface area contributed by atoms with E-state index in [1.165, 1.54) is 6.07 Å². The summed E-state index contributed by atoms with van der Waals surface area (Å²) in [5, 5.41) is 0.159. The smallest absolute Gasteiger partial charge is 0.141 e. The van der Waals surface area contributed by atoms with Crippen LogP contribution in [0.15, 0.2) is 18.2 Å². The van der Waals surface area contributed by atoms with Crippen LogP contribution >= 0.6 is 11.6 Å². The standard InChI is InChI=1S/C9H9ClFNO/c10-7-5-6(1-2-8(7)11)9-3-4-13-12-9/h1-2,5,9,12H,3-4H2/t9-/m1/s1. The van der Waals surface area contributed by atoms with Crippen molar-refractivity contribution in [1.29, 1.82) is 0 Å². The quantitative estimate of drug-likeness (QED) is 0.754. The van der Waals surface area contributed by atoms with Crippen molar-refractivity contribution in [2.75, 3.05) is 6.61 Å². The van der Waals surface area contributed by atoms with Crippen LogP contribution < -0.4 is 5.48 Å². The summed E-state index contributed by atoms with van der Waals surface area (Å²) in [7, 11) is 0. The summed E-state index contributed by atoms with van der Waals surface area (Å²) in [5.41, 5.74) is 3.80. The van der Waals surface area contributed by atoms with E-state index in [9.17, 15) is 4.39 Å². The van der Waals surface area contributed by atoms with Gasteiger partial charge in [-0.2, -0.15) is 5.48 Å². The van der Waals surface area contributed by atoms with Crippen molar-refractivity contribution in [3.05, 3.63) is 34.6 Å². The molecule has 0 spiro atoms. The van der Waals surface area contributed by atoms with Crippen LogP contribution in [0.5, 0.6) is 0 Å². The third kappa shape index (κ3) is 1.82. The second kappa shape index (κ2) is 3.62. The molecule has 1 N–H and O–H groups in total. The van der Waals surface area contributed by atoms with Gasteiger partial charge >= 0.3 is 0 Å². The fourth-order valence-electron chi connectivity index (χ4n) is 1.36. The van der Waals surface area contributed by atoms with Crippen LogP contribution in [0.3, 0.4) is 0 Å². The predicted molar refractivity (Wildman–Crippen MR) is 47.9 cm³/mol. The van der Waals surface area contributed by atoms with Gasteiger partial charge in [-0.1, -0.05) is 17.7 Å². The molecule has 0 aliphatic carbocycles. The van der Waals surface area contributed by atoms with Crippen molar-refractivity contribution < 1.29 is 9.23 Å². The fraction of sp³-hybridized carbons (Fsp3) is 0.333. The lowest BCUT2D eigenvalue weighted by molar-refractivity contribution is 0.0883. The molecule has 0 saturated carbocycles. The molecular weight excluding hydrogens is 193 g/mol. The molecule has 70 valence electrons. The Bertz CT molecular complexity index is 312. The number of hydrogen-bond acceptors (Lipinski definition) is 2. The van der Waals surface area contributed by atoms with Crippen molar-refractivity contribution in [1.82, 2.24) is 5.48 Å². The largest absolute Gasteiger partial charge is 0.301 e. The molecule has 1 aromatic rings. The zero-order valence-electron chi connectivity index (χ0n) is 6.89. The minimum atomic E-state index is -0.385. The molecule has 1 aliphatic heterocycles. The Morgan fingerprint density at radius 3 is 3.00 bits per heavy atom. The number of hydroxylamine groups is 1. The molecule has 4 heteroatoms. The highest BCUT2D eigenvalue weighted by molar-refractivity contribution is 6.30. The Labute approximate surface area is 80.6 Å². The molecular formula is C9H9ClFNO. The Kier molecular flexibility index (Phi) is 2.49. The van der Waals surface area contributed by atoms with E-state index >= 15 is 0 Å². The summed E-state index contributed by atoms with van der Waals surface area (Å²) in [6.45, 7) is 0.680. The van der Waals surface area contributed by atoms with Gasteiger partial charge in [0.15, 0.2) is 0 Å². The summed E-state index contributed by atoms with van der Waals surface area (Å²) in [4.78, 5) is 4.99. The van der Waals surface area contributed by atoms with Gasteiger partial charge in [-0.25, -0.2) is 4.39 Å². The Hall–Kier alpha value is -0.640. The molecule has 0 aromatic heterocycles. The van der Waals surface area contributed by atoms with Gasteiger partial charge in [0.2, 0.25) is 0 Å². The summed E-state index contributed by atoms with van der Waals surface area (Å²) in [6, 6.07) is 4.85. The first kappa shape index (κ1) is 8.94. The van der Waals surface area contributed by atoms with Gasteiger partial charge in [-0.05, 0) is 24.1 Å². The van der Waals surface area contributed by atoms with E-state index in [0.29, 0.717) is 6.61 Å². The molecule has 1 aliphatic rings. The van der Waals surface area contributed by atoms with Crippen molar-refractivity contribution >= 4 is 11.6 Å². The highest BCUT2D eigenvalue weighted by atomic mass is 35.5. The predicted octanol–water partition coefficient (Wildman–Crippen LogP) is 2.45. The van der Waals surface area contributed by atoms with Crippen molar-refractivity contribution in [2.24, 2.45) is 0 Å². The Morgan fingerprint density at radius 2 is 2.38 bits per heavy atom. The van der Waals surface area contributed by atoms with Crippen LogP contribution in [0.25, 0.3) is 0 Å². The number of halogens is 2. The summed E-state index contributed by atoms with van der Waals surface area (Å²) in [5.74, 6) is -0.385. The normalized spacial score (nSPS) is 22.2. The van der Waals surface area contributed by atoms with Crippen molar-refractivity contribution in [3.63, 3.8) is 0 Å². The van der Waals surface area contributed by atoms with E-state index in [1.807, 2.05) is 0 Å². The highest BCUT2D eigenvalue weighted by Gasteiger charge is 2.17. The van der Waals surface area contributed by atoms with Gasteiger partial charge in [-0.15, -0.1) is 0 Å². The van der Waals surface area contributed by atoms with E-state index in [1.54, 1.807) is 12.1 Å². The minimum Gasteiger partial charge on any atom is -0.301 e. The van der Waals surface area contributed by atoms with Crippen LogP contribution in [0.1, 0.15) is 18.0 Å². The molecule has 1 saturated heterocycles. The van der Waals surface area contributed by atoms with Gasteiger partial charge < -0.3 is 4.84 Å². The van der Waals surface area contributed by atoms with Gasteiger partial charge in [0, 0.05) is 0 Å². The SMILES string of the molecule is Fc1ccc([C@H]2CCON2)cc1Cl. The molecule has 0 amide bonds. The second-order valence-corrected chi connectivity index (χ2v) is 3.39. The second-order valence-electron chi connectivity index (χ2n) is 2.98. The molecule has 0 bridgehead atoms. The van der Waals surface area contributed by atoms with Gasteiger partial charge in [0.1, 0.15) is 5.82 Å². The number of rotatable bonds is 1. The molecule has 0 unspecified atom stereocenters. The van der Waals surface area contributed by atoms with Crippen LogP contribution in [0, 0.1) is 5.82 Å². The third-order valence-corrected chi connectivity index (χ3v) is 2.37. The lowest BCUT2D eigenvalue weighted by atomic mass is 10.1. The fourth-order valence-corrected chi connectivity index (χ4v) is 1.55. The van der Waals surface area contributed by atoms with E-state index < -0.39 is 0 Å². The first-order valence-electron chi connectivity index (χ1n) is 4.09. The van der Waals surface area contributed by atoms with Crippen molar-refractivity contribution in [2.45, 2.75) is 12.5 Å². The maximum Gasteiger partial charge on any atom is 0.141 e. The maximum atomic E-state index is 12.8. The lowest BCUT2D eigenvalue weighted by Crippen LogP contribution is -2.11. The van der Waals surface area contributed by atoms with Crippen LogP contribution in [0.4, 0.5) is 4.39 Å². The number of nitrogens with one attached hydrogen (secondary N) is 1. The average Bonchev–Trinajstić information content (AvgIpc) is 2.62. The lowest BCUT2D eigenvalue weighted by Gasteiger charge is -2.08. The van der Waals surface area contributed by atoms with Crippen molar-refractivity contribution in [3.8, 4) is 0 Å². The molecule has 1 fully saturated rings. The van der Waals surface area contributed by atoms with E-state index in [2.05, 4.69) is 5.48 Å². The van der Waals surface area contributed by atoms with E-state index in [0.717, 1.165) is 12.0 Å². The Balaban J connectivity index is 2.25. The van der Waals surface area contributed by atoms with E-state index in [4.69, 9.17) is 16.4 Å². The molecule has 1 atom stereocenters. The first-order chi connectivity index (χ1) is 6.27. The molecule has 1 heterocycles. The topological polar surface area (TPSA) is 21.3 Å². The summed E-state index contributed by atoms with van der Waals surface area (Å²) >= 11 is 5.65. The third-order valence-electron chi connectivity index (χ3n) is 2.08.